The van der Waals surface area contributed by atoms with Crippen molar-refractivity contribution < 1.29 is 14.3 Å². The van der Waals surface area contributed by atoms with Gasteiger partial charge in [-0.05, 0) is 37.8 Å². The van der Waals surface area contributed by atoms with Gasteiger partial charge < -0.3 is 10.1 Å². The number of unbranched alkanes of at least 4 members (excludes halogenated alkanes) is 2. The van der Waals surface area contributed by atoms with E-state index in [1.807, 2.05) is 13.0 Å². The molecule has 0 amide bonds. The van der Waals surface area contributed by atoms with Crippen LogP contribution in [-0.2, 0) is 14.3 Å². The lowest BCUT2D eigenvalue weighted by molar-refractivity contribution is -0.139. The lowest BCUT2D eigenvalue weighted by atomic mass is 9.75. The zero-order chi connectivity index (χ0) is 20.3. The standard InChI is InChI=1S/C22H25Cl2NO3/c1-3-4-5-12-28-22(27)18-13(2)25-16-10-7-11-17(26)20(16)19(18)14-8-6-9-15(23)21(14)24/h6,8-9,19,25H,3-5,7,10-12H2,1-2H3/t19-/m1/s1. The fraction of sp³-hybridized carbons (Fsp3) is 0.455. The van der Waals surface area contributed by atoms with Crippen molar-refractivity contribution in [3.63, 3.8) is 0 Å². The van der Waals surface area contributed by atoms with Crippen LogP contribution in [0.5, 0.6) is 0 Å². The summed E-state index contributed by atoms with van der Waals surface area (Å²) < 4.78 is 5.54. The molecule has 4 nitrogen and oxygen atoms in total. The fourth-order valence-electron chi connectivity index (χ4n) is 3.90. The van der Waals surface area contributed by atoms with Crippen molar-refractivity contribution in [1.29, 1.82) is 0 Å². The van der Waals surface area contributed by atoms with E-state index in [9.17, 15) is 9.59 Å². The number of Topliss-reactive ketones (excluding diaryl/α,β-unsaturated/α-hetero) is 1. The molecule has 1 atom stereocenters. The third-order valence-electron chi connectivity index (χ3n) is 5.27. The van der Waals surface area contributed by atoms with Gasteiger partial charge in [0.1, 0.15) is 0 Å². The Labute approximate surface area is 175 Å². The van der Waals surface area contributed by atoms with E-state index in [4.69, 9.17) is 27.9 Å². The van der Waals surface area contributed by atoms with Gasteiger partial charge in [0.25, 0.3) is 0 Å². The molecule has 0 fully saturated rings. The molecule has 0 spiro atoms. The highest BCUT2D eigenvalue weighted by molar-refractivity contribution is 6.42. The molecule has 0 aromatic heterocycles. The molecule has 0 saturated heterocycles. The molecule has 3 rings (SSSR count). The van der Waals surface area contributed by atoms with Gasteiger partial charge in [0.05, 0.1) is 22.2 Å². The third kappa shape index (κ3) is 4.13. The number of carbonyl (C=O) groups is 2. The first kappa shape index (κ1) is 20.9. The monoisotopic (exact) mass is 421 g/mol. The van der Waals surface area contributed by atoms with E-state index in [1.165, 1.54) is 0 Å². The molecule has 1 aliphatic heterocycles. The van der Waals surface area contributed by atoms with Crippen molar-refractivity contribution in [2.75, 3.05) is 6.61 Å². The van der Waals surface area contributed by atoms with Crippen LogP contribution in [0.3, 0.4) is 0 Å². The molecule has 0 unspecified atom stereocenters. The summed E-state index contributed by atoms with van der Waals surface area (Å²) >= 11 is 12.8. The van der Waals surface area contributed by atoms with Gasteiger partial charge in [0, 0.05) is 29.3 Å². The molecule has 6 heteroatoms. The predicted octanol–water partition coefficient (Wildman–Crippen LogP) is 5.69. The Bertz CT molecular complexity index is 857. The van der Waals surface area contributed by atoms with Crippen LogP contribution in [0.1, 0.15) is 63.9 Å². The Kier molecular flexibility index (Phi) is 6.84. The number of allylic oxidation sites excluding steroid dienone is 3. The first-order valence-electron chi connectivity index (χ1n) is 9.80. The minimum Gasteiger partial charge on any atom is -0.462 e. The maximum atomic E-state index is 13.0. The van der Waals surface area contributed by atoms with Gasteiger partial charge in [-0.25, -0.2) is 4.79 Å². The quantitative estimate of drug-likeness (QED) is 0.472. The SMILES string of the molecule is CCCCCOC(=O)C1=C(C)NC2=C(C(=O)CCC2)[C@@H]1c1cccc(Cl)c1Cl. The lowest BCUT2D eigenvalue weighted by Crippen LogP contribution is -2.34. The smallest absolute Gasteiger partial charge is 0.336 e. The molecular weight excluding hydrogens is 397 g/mol. The Morgan fingerprint density at radius 2 is 2.04 bits per heavy atom. The Hall–Kier alpha value is -1.78. The van der Waals surface area contributed by atoms with Crippen LogP contribution in [0.25, 0.3) is 0 Å². The summed E-state index contributed by atoms with van der Waals surface area (Å²) in [5.41, 5.74) is 3.29. The highest BCUT2D eigenvalue weighted by Gasteiger charge is 2.40. The summed E-state index contributed by atoms with van der Waals surface area (Å²) in [6.45, 7) is 4.30. The predicted molar refractivity (Wildman–Crippen MR) is 111 cm³/mol. The minimum atomic E-state index is -0.561. The second-order valence-electron chi connectivity index (χ2n) is 7.25. The van der Waals surface area contributed by atoms with Crippen molar-refractivity contribution in [1.82, 2.24) is 5.32 Å². The molecule has 150 valence electrons. The van der Waals surface area contributed by atoms with Crippen molar-refractivity contribution in [3.05, 3.63) is 56.3 Å². The summed E-state index contributed by atoms with van der Waals surface area (Å²) in [5.74, 6) is -0.931. The molecule has 1 aliphatic carbocycles. The average Bonchev–Trinajstić information content (AvgIpc) is 2.66. The van der Waals surface area contributed by atoms with E-state index in [1.54, 1.807) is 12.1 Å². The average molecular weight is 422 g/mol. The number of benzene rings is 1. The summed E-state index contributed by atoms with van der Waals surface area (Å²) in [6, 6.07) is 5.32. The van der Waals surface area contributed by atoms with E-state index >= 15 is 0 Å². The summed E-state index contributed by atoms with van der Waals surface area (Å²) in [5, 5.41) is 4.04. The Morgan fingerprint density at radius 1 is 1.25 bits per heavy atom. The molecular formula is C22H25Cl2NO3. The van der Waals surface area contributed by atoms with Crippen LogP contribution in [0, 0.1) is 0 Å². The van der Waals surface area contributed by atoms with Crippen molar-refractivity contribution in [3.8, 4) is 0 Å². The second kappa shape index (κ2) is 9.15. The molecule has 1 aromatic rings. The minimum absolute atomic E-state index is 0.0403. The summed E-state index contributed by atoms with van der Waals surface area (Å²) in [6.07, 6.45) is 4.90. The zero-order valence-electron chi connectivity index (χ0n) is 16.2. The first-order chi connectivity index (χ1) is 13.5. The molecule has 1 heterocycles. The molecule has 0 radical (unpaired) electrons. The lowest BCUT2D eigenvalue weighted by Gasteiger charge is -2.34. The van der Waals surface area contributed by atoms with E-state index < -0.39 is 11.9 Å². The number of esters is 1. The third-order valence-corrected chi connectivity index (χ3v) is 6.10. The van der Waals surface area contributed by atoms with Gasteiger partial charge in [-0.1, -0.05) is 55.1 Å². The highest BCUT2D eigenvalue weighted by Crippen LogP contribution is 2.45. The maximum Gasteiger partial charge on any atom is 0.336 e. The highest BCUT2D eigenvalue weighted by atomic mass is 35.5. The van der Waals surface area contributed by atoms with E-state index in [0.29, 0.717) is 45.5 Å². The van der Waals surface area contributed by atoms with Crippen molar-refractivity contribution >= 4 is 35.0 Å². The number of ketones is 1. The van der Waals surface area contributed by atoms with Crippen molar-refractivity contribution in [2.24, 2.45) is 0 Å². The number of hydrogen-bond donors (Lipinski definition) is 1. The number of nitrogens with one attached hydrogen (secondary N) is 1. The molecule has 0 bridgehead atoms. The van der Waals surface area contributed by atoms with Crippen LogP contribution < -0.4 is 5.32 Å². The van der Waals surface area contributed by atoms with Gasteiger partial charge in [0.15, 0.2) is 5.78 Å². The van der Waals surface area contributed by atoms with Gasteiger partial charge >= 0.3 is 5.97 Å². The van der Waals surface area contributed by atoms with Crippen LogP contribution in [0.15, 0.2) is 40.7 Å². The van der Waals surface area contributed by atoms with Gasteiger partial charge in [0.2, 0.25) is 0 Å². The number of rotatable bonds is 6. The molecule has 28 heavy (non-hydrogen) atoms. The van der Waals surface area contributed by atoms with E-state index in [2.05, 4.69) is 12.2 Å². The Morgan fingerprint density at radius 3 is 2.79 bits per heavy atom. The van der Waals surface area contributed by atoms with Gasteiger partial charge in [-0.3, -0.25) is 4.79 Å². The maximum absolute atomic E-state index is 13.0. The van der Waals surface area contributed by atoms with Crippen molar-refractivity contribution in [2.45, 2.75) is 58.3 Å². The van der Waals surface area contributed by atoms with Gasteiger partial charge in [-0.2, -0.15) is 0 Å². The summed E-state index contributed by atoms with van der Waals surface area (Å²) in [4.78, 5) is 25.8. The van der Waals surface area contributed by atoms with E-state index in [0.717, 1.165) is 37.8 Å². The van der Waals surface area contributed by atoms with Crippen LogP contribution in [-0.4, -0.2) is 18.4 Å². The van der Waals surface area contributed by atoms with Crippen LogP contribution in [0.2, 0.25) is 10.0 Å². The number of dihydropyridines is 1. The first-order valence-corrected chi connectivity index (χ1v) is 10.6. The fourth-order valence-corrected chi connectivity index (χ4v) is 4.32. The number of halogens is 2. The topological polar surface area (TPSA) is 55.4 Å². The normalized spacial score (nSPS) is 19.4. The van der Waals surface area contributed by atoms with Crippen LogP contribution >= 0.6 is 23.2 Å². The van der Waals surface area contributed by atoms with E-state index in [-0.39, 0.29) is 5.78 Å². The largest absolute Gasteiger partial charge is 0.462 e. The van der Waals surface area contributed by atoms with Crippen LogP contribution in [0.4, 0.5) is 0 Å². The molecule has 1 N–H and O–H groups in total. The number of carbonyl (C=O) groups excluding carboxylic acids is 2. The number of hydrogen-bond acceptors (Lipinski definition) is 4. The Balaban J connectivity index is 2.04. The summed E-state index contributed by atoms with van der Waals surface area (Å²) in [7, 11) is 0. The molecule has 2 aliphatic rings. The second-order valence-corrected chi connectivity index (χ2v) is 8.04. The number of ether oxygens (including phenoxy) is 1. The zero-order valence-corrected chi connectivity index (χ0v) is 17.8. The van der Waals surface area contributed by atoms with Gasteiger partial charge in [-0.15, -0.1) is 0 Å². The molecule has 1 aromatic carbocycles. The molecule has 0 saturated carbocycles.